The number of carbonyl (C=O) groups excluding carboxylic acids is 1. The van der Waals surface area contributed by atoms with E-state index in [-0.39, 0.29) is 5.91 Å². The molecule has 0 bridgehead atoms. The Kier molecular flexibility index (Phi) is 5.70. The molecule has 3 N–H and O–H groups in total. The van der Waals surface area contributed by atoms with Crippen LogP contribution in [0.4, 0.5) is 11.7 Å². The second-order valence-electron chi connectivity index (χ2n) is 7.72. The van der Waals surface area contributed by atoms with Gasteiger partial charge in [-0.3, -0.25) is 10.1 Å². The lowest BCUT2D eigenvalue weighted by Crippen LogP contribution is -2.37. The van der Waals surface area contributed by atoms with E-state index in [4.69, 9.17) is 14.1 Å². The van der Waals surface area contributed by atoms with Crippen LogP contribution in [-0.2, 0) is 4.79 Å². The van der Waals surface area contributed by atoms with Gasteiger partial charge in [-0.05, 0) is 36.8 Å². The molecule has 1 unspecified atom stereocenters. The zero-order chi connectivity index (χ0) is 23.5. The molecule has 0 spiro atoms. The Bertz CT molecular complexity index is 1380. The number of fused-ring (bicyclic) bond motifs is 1. The van der Waals surface area contributed by atoms with Crippen molar-refractivity contribution in [3.63, 3.8) is 0 Å². The fourth-order valence-corrected chi connectivity index (χ4v) is 3.87. The number of para-hydroxylation sites is 4. The van der Waals surface area contributed by atoms with Gasteiger partial charge in [0, 0.05) is 5.70 Å². The molecule has 5 rings (SSSR count). The molecule has 1 amide bonds. The molecule has 4 aromatic rings. The van der Waals surface area contributed by atoms with Crippen molar-refractivity contribution in [2.45, 2.75) is 13.0 Å². The van der Waals surface area contributed by atoms with Gasteiger partial charge in [0.15, 0.2) is 5.58 Å². The summed E-state index contributed by atoms with van der Waals surface area (Å²) >= 11 is 0. The molecule has 0 aliphatic carbocycles. The predicted molar refractivity (Wildman–Crippen MR) is 132 cm³/mol. The standard InChI is InChI=1S/C26H23N5O3/c1-16-22(24(32)28-18-12-6-8-14-20(18)33-2)23(17-10-4-3-5-11-17)30-25(27-16)31-26-29-19-13-7-9-15-21(19)34-26/h3-15,23H,1-2H3,(H,28,32)(H2,27,29,30,31). The van der Waals surface area contributed by atoms with Gasteiger partial charge < -0.3 is 19.8 Å². The van der Waals surface area contributed by atoms with Crippen LogP contribution in [0.2, 0.25) is 0 Å². The van der Waals surface area contributed by atoms with E-state index in [0.717, 1.165) is 11.1 Å². The van der Waals surface area contributed by atoms with Gasteiger partial charge in [-0.2, -0.15) is 4.98 Å². The molecule has 2 heterocycles. The lowest BCUT2D eigenvalue weighted by molar-refractivity contribution is -0.113. The highest BCUT2D eigenvalue weighted by Gasteiger charge is 2.30. The average Bonchev–Trinajstić information content (AvgIpc) is 3.26. The number of anilines is 2. The molecule has 0 radical (unpaired) electrons. The third-order valence-electron chi connectivity index (χ3n) is 5.48. The molecule has 3 aromatic carbocycles. The molecule has 0 saturated heterocycles. The minimum Gasteiger partial charge on any atom is -0.495 e. The van der Waals surface area contributed by atoms with E-state index in [1.54, 1.807) is 19.2 Å². The van der Waals surface area contributed by atoms with Crippen LogP contribution in [0.3, 0.4) is 0 Å². The summed E-state index contributed by atoms with van der Waals surface area (Å²) in [6.45, 7) is 1.84. The number of benzene rings is 3. The van der Waals surface area contributed by atoms with Crippen LogP contribution < -0.4 is 20.7 Å². The topological polar surface area (TPSA) is 101 Å². The average molecular weight is 454 g/mol. The van der Waals surface area contributed by atoms with E-state index in [1.807, 2.05) is 73.7 Å². The third-order valence-corrected chi connectivity index (χ3v) is 5.48. The maximum Gasteiger partial charge on any atom is 0.302 e. The van der Waals surface area contributed by atoms with Gasteiger partial charge in [-0.25, -0.2) is 4.99 Å². The monoisotopic (exact) mass is 453 g/mol. The Hall–Kier alpha value is -4.59. The number of hydrogen-bond acceptors (Lipinski definition) is 7. The predicted octanol–water partition coefficient (Wildman–Crippen LogP) is 4.86. The molecule has 1 atom stereocenters. The number of nitrogens with one attached hydrogen (secondary N) is 3. The second kappa shape index (κ2) is 9.11. The fraction of sp³-hybridized carbons (Fsp3) is 0.115. The van der Waals surface area contributed by atoms with E-state index >= 15 is 0 Å². The maximum absolute atomic E-state index is 13.4. The van der Waals surface area contributed by atoms with Gasteiger partial charge in [0.1, 0.15) is 17.3 Å². The first-order valence-corrected chi connectivity index (χ1v) is 10.8. The Morgan fingerprint density at radius 3 is 2.53 bits per heavy atom. The third kappa shape index (κ3) is 4.21. The Balaban J connectivity index is 1.47. The molecular formula is C26H23N5O3. The van der Waals surface area contributed by atoms with Crippen molar-refractivity contribution in [3.05, 3.63) is 95.7 Å². The number of nitrogens with zero attached hydrogens (tertiary/aromatic N) is 2. The van der Waals surface area contributed by atoms with E-state index in [0.29, 0.717) is 40.3 Å². The lowest BCUT2D eigenvalue weighted by atomic mass is 9.95. The van der Waals surface area contributed by atoms with Crippen molar-refractivity contribution in [2.24, 2.45) is 4.99 Å². The van der Waals surface area contributed by atoms with Gasteiger partial charge in [-0.1, -0.05) is 54.6 Å². The number of rotatable bonds is 5. The van der Waals surface area contributed by atoms with Crippen molar-refractivity contribution >= 4 is 34.7 Å². The molecule has 8 nitrogen and oxygen atoms in total. The summed E-state index contributed by atoms with van der Waals surface area (Å²) in [5.74, 6) is 0.746. The largest absolute Gasteiger partial charge is 0.495 e. The summed E-state index contributed by atoms with van der Waals surface area (Å²) in [4.78, 5) is 22.7. The molecule has 170 valence electrons. The first-order valence-electron chi connectivity index (χ1n) is 10.8. The minimum atomic E-state index is -0.538. The number of allylic oxidation sites excluding steroid dienone is 1. The molecule has 1 aliphatic heterocycles. The number of carbonyl (C=O) groups is 1. The van der Waals surface area contributed by atoms with Crippen molar-refractivity contribution < 1.29 is 13.9 Å². The number of oxazole rings is 1. The number of hydrogen-bond donors (Lipinski definition) is 3. The van der Waals surface area contributed by atoms with E-state index in [9.17, 15) is 4.79 Å². The zero-order valence-electron chi connectivity index (χ0n) is 18.7. The second-order valence-corrected chi connectivity index (χ2v) is 7.72. The van der Waals surface area contributed by atoms with Crippen molar-refractivity contribution in [1.82, 2.24) is 10.3 Å². The van der Waals surface area contributed by atoms with Crippen LogP contribution in [0.5, 0.6) is 5.75 Å². The highest BCUT2D eigenvalue weighted by Crippen LogP contribution is 2.33. The molecule has 1 aromatic heterocycles. The first-order chi connectivity index (χ1) is 16.6. The van der Waals surface area contributed by atoms with Gasteiger partial charge >= 0.3 is 6.01 Å². The molecular weight excluding hydrogens is 430 g/mol. The first kappa shape index (κ1) is 21.3. The summed E-state index contributed by atoms with van der Waals surface area (Å²) in [6, 6.07) is 24.2. The van der Waals surface area contributed by atoms with Crippen LogP contribution in [-0.4, -0.2) is 24.0 Å². The molecule has 0 saturated carbocycles. The SMILES string of the molecule is COc1ccccc1NC(=O)C1=C(C)NC(Nc2nc3ccccc3o2)=NC1c1ccccc1. The van der Waals surface area contributed by atoms with Crippen molar-refractivity contribution in [3.8, 4) is 5.75 Å². The fourth-order valence-electron chi connectivity index (χ4n) is 3.87. The van der Waals surface area contributed by atoms with E-state index in [1.165, 1.54) is 0 Å². The maximum atomic E-state index is 13.4. The summed E-state index contributed by atoms with van der Waals surface area (Å²) in [5.41, 5.74) is 4.04. The summed E-state index contributed by atoms with van der Waals surface area (Å²) in [6.07, 6.45) is 0. The van der Waals surface area contributed by atoms with Gasteiger partial charge in [-0.15, -0.1) is 0 Å². The Morgan fingerprint density at radius 1 is 1.00 bits per heavy atom. The number of ether oxygens (including phenoxy) is 1. The van der Waals surface area contributed by atoms with Gasteiger partial charge in [0.2, 0.25) is 5.96 Å². The quantitative estimate of drug-likeness (QED) is 0.399. The summed E-state index contributed by atoms with van der Waals surface area (Å²) in [7, 11) is 1.57. The van der Waals surface area contributed by atoms with Crippen LogP contribution in [0.15, 0.2) is 99.5 Å². The normalized spacial score (nSPS) is 15.5. The number of guanidine groups is 1. The van der Waals surface area contributed by atoms with Crippen LogP contribution >= 0.6 is 0 Å². The molecule has 8 heteroatoms. The van der Waals surface area contributed by atoms with E-state index < -0.39 is 6.04 Å². The number of aliphatic imine (C=N–C) groups is 1. The summed E-state index contributed by atoms with van der Waals surface area (Å²) in [5, 5.41) is 9.25. The van der Waals surface area contributed by atoms with Crippen molar-refractivity contribution in [1.29, 1.82) is 0 Å². The number of aromatic nitrogens is 1. The van der Waals surface area contributed by atoms with E-state index in [2.05, 4.69) is 20.9 Å². The van der Waals surface area contributed by atoms with Gasteiger partial charge in [0.25, 0.3) is 5.91 Å². The van der Waals surface area contributed by atoms with Gasteiger partial charge in [0.05, 0.1) is 18.4 Å². The minimum absolute atomic E-state index is 0.270. The molecule has 34 heavy (non-hydrogen) atoms. The highest BCUT2D eigenvalue weighted by atomic mass is 16.5. The Labute approximate surface area is 196 Å². The summed E-state index contributed by atoms with van der Waals surface area (Å²) < 4.78 is 11.2. The van der Waals surface area contributed by atoms with Crippen LogP contribution in [0.25, 0.3) is 11.1 Å². The van der Waals surface area contributed by atoms with Crippen LogP contribution in [0.1, 0.15) is 18.5 Å². The smallest absolute Gasteiger partial charge is 0.302 e. The van der Waals surface area contributed by atoms with Crippen molar-refractivity contribution in [2.75, 3.05) is 17.7 Å². The number of methoxy groups -OCH3 is 1. The molecule has 0 fully saturated rings. The zero-order valence-corrected chi connectivity index (χ0v) is 18.7. The lowest BCUT2D eigenvalue weighted by Gasteiger charge is -2.26. The molecule has 1 aliphatic rings. The highest BCUT2D eigenvalue weighted by molar-refractivity contribution is 6.08. The Morgan fingerprint density at radius 2 is 1.74 bits per heavy atom. The number of amides is 1. The van der Waals surface area contributed by atoms with Crippen LogP contribution in [0, 0.1) is 0 Å².